The van der Waals surface area contributed by atoms with Crippen molar-refractivity contribution < 1.29 is 4.68 Å². The summed E-state index contributed by atoms with van der Waals surface area (Å²) in [5.41, 5.74) is 13.7. The minimum absolute atomic E-state index is 0.387. The Balaban J connectivity index is 1.45. The van der Waals surface area contributed by atoms with E-state index in [1.165, 1.54) is 10.9 Å². The molecule has 0 aliphatic heterocycles. The van der Waals surface area contributed by atoms with Crippen LogP contribution in [0.3, 0.4) is 0 Å². The standard InChI is InChI=1S/C21H23N6/c1-2-27(20-14-25-19-10-6-4-8-17(19)20)26-21(22)23-12-11-15-13-24-18-9-5-3-7-16(15)18/h2-10,13-14,24-25H,11-12H2,1H3,(H3,22,23,26)/q+1. The van der Waals surface area contributed by atoms with Gasteiger partial charge in [0.05, 0.1) is 17.1 Å². The SMILES string of the molecule is CC=[N+](NC(N)=NCCc1c[nH]c2ccccc12)c1c[nH]c2ccccc12. The molecular weight excluding hydrogens is 336 g/mol. The third-order valence-electron chi connectivity index (χ3n) is 4.66. The number of hydrazone groups is 1. The van der Waals surface area contributed by atoms with E-state index in [2.05, 4.69) is 44.7 Å². The van der Waals surface area contributed by atoms with Crippen LogP contribution in [0.15, 0.2) is 65.9 Å². The molecule has 0 radical (unpaired) electrons. The van der Waals surface area contributed by atoms with E-state index in [1.54, 1.807) is 0 Å². The van der Waals surface area contributed by atoms with E-state index in [9.17, 15) is 0 Å². The van der Waals surface area contributed by atoms with E-state index in [1.807, 2.05) is 54.5 Å². The number of H-pyrrole nitrogens is 2. The normalized spacial score (nSPS) is 12.8. The number of nitrogens with zero attached hydrogens (tertiary/aromatic N) is 2. The molecule has 0 saturated heterocycles. The van der Waals surface area contributed by atoms with Gasteiger partial charge in [0.1, 0.15) is 0 Å². The fourth-order valence-electron chi connectivity index (χ4n) is 3.31. The van der Waals surface area contributed by atoms with Crippen molar-refractivity contribution in [1.29, 1.82) is 0 Å². The third kappa shape index (κ3) is 3.42. The molecule has 2 aromatic heterocycles. The number of nitrogens with two attached hydrogens (primary N) is 1. The number of aromatic amines is 2. The largest absolute Gasteiger partial charge is 0.366 e. The Morgan fingerprint density at radius 3 is 2.48 bits per heavy atom. The monoisotopic (exact) mass is 359 g/mol. The van der Waals surface area contributed by atoms with Crippen LogP contribution in [0.25, 0.3) is 21.8 Å². The van der Waals surface area contributed by atoms with E-state index in [0.717, 1.165) is 28.5 Å². The highest BCUT2D eigenvalue weighted by Gasteiger charge is 2.15. The lowest BCUT2D eigenvalue weighted by Crippen LogP contribution is -2.38. The molecule has 0 saturated carbocycles. The van der Waals surface area contributed by atoms with Crippen molar-refractivity contribution in [3.05, 3.63) is 66.5 Å². The Morgan fingerprint density at radius 2 is 1.70 bits per heavy atom. The summed E-state index contributed by atoms with van der Waals surface area (Å²) in [5.74, 6) is 0.387. The summed E-state index contributed by atoms with van der Waals surface area (Å²) in [7, 11) is 0. The zero-order valence-corrected chi connectivity index (χ0v) is 15.2. The molecule has 0 aliphatic carbocycles. The average molecular weight is 359 g/mol. The Morgan fingerprint density at radius 1 is 1.04 bits per heavy atom. The fourth-order valence-corrected chi connectivity index (χ4v) is 3.31. The maximum Gasteiger partial charge on any atom is 0.260 e. The molecule has 4 rings (SSSR count). The summed E-state index contributed by atoms with van der Waals surface area (Å²) in [6.07, 6.45) is 6.76. The number of para-hydroxylation sites is 2. The second-order valence-corrected chi connectivity index (χ2v) is 6.34. The molecule has 0 amide bonds. The van der Waals surface area contributed by atoms with Crippen molar-refractivity contribution >= 4 is 39.7 Å². The summed E-state index contributed by atoms with van der Waals surface area (Å²) in [6.45, 7) is 2.57. The van der Waals surface area contributed by atoms with E-state index in [0.29, 0.717) is 12.5 Å². The molecule has 2 heterocycles. The molecule has 0 bridgehead atoms. The van der Waals surface area contributed by atoms with Gasteiger partial charge in [0.25, 0.3) is 5.69 Å². The van der Waals surface area contributed by atoms with Crippen LogP contribution < -0.4 is 11.2 Å². The van der Waals surface area contributed by atoms with Crippen molar-refractivity contribution in [2.45, 2.75) is 13.3 Å². The molecule has 6 heteroatoms. The van der Waals surface area contributed by atoms with E-state index in [-0.39, 0.29) is 0 Å². The van der Waals surface area contributed by atoms with Crippen molar-refractivity contribution in [1.82, 2.24) is 15.4 Å². The first-order chi connectivity index (χ1) is 13.3. The number of aliphatic imine (C=N–C) groups is 1. The summed E-state index contributed by atoms with van der Waals surface area (Å²) >= 11 is 0. The lowest BCUT2D eigenvalue weighted by atomic mass is 10.1. The molecule has 0 fully saturated rings. The average Bonchev–Trinajstić information content (AvgIpc) is 3.31. The zero-order valence-electron chi connectivity index (χ0n) is 15.2. The van der Waals surface area contributed by atoms with Gasteiger partial charge in [-0.25, -0.2) is 4.99 Å². The van der Waals surface area contributed by atoms with Crippen LogP contribution in [-0.4, -0.2) is 33.4 Å². The summed E-state index contributed by atoms with van der Waals surface area (Å²) in [6, 6.07) is 16.4. The highest BCUT2D eigenvalue weighted by atomic mass is 15.5. The van der Waals surface area contributed by atoms with Gasteiger partial charge < -0.3 is 15.7 Å². The first-order valence-electron chi connectivity index (χ1n) is 9.02. The van der Waals surface area contributed by atoms with E-state index < -0.39 is 0 Å². The van der Waals surface area contributed by atoms with Crippen LogP contribution >= 0.6 is 0 Å². The summed E-state index contributed by atoms with van der Waals surface area (Å²) in [5, 5.41) is 2.36. The number of aromatic nitrogens is 2. The number of hydrogen-bond donors (Lipinski definition) is 4. The Hall–Kier alpha value is -3.54. The van der Waals surface area contributed by atoms with Gasteiger partial charge in [-0.1, -0.05) is 35.0 Å². The van der Waals surface area contributed by atoms with Crippen molar-refractivity contribution in [3.63, 3.8) is 0 Å². The second kappa shape index (κ2) is 7.37. The molecule has 5 N–H and O–H groups in total. The van der Waals surface area contributed by atoms with Crippen LogP contribution in [0.1, 0.15) is 12.5 Å². The number of rotatable bonds is 5. The predicted octanol–water partition coefficient (Wildman–Crippen LogP) is 3.45. The lowest BCUT2D eigenvalue weighted by Gasteiger charge is -2.03. The van der Waals surface area contributed by atoms with E-state index in [4.69, 9.17) is 5.73 Å². The van der Waals surface area contributed by atoms with Crippen LogP contribution in [-0.2, 0) is 6.42 Å². The quantitative estimate of drug-likeness (QED) is 0.190. The van der Waals surface area contributed by atoms with Gasteiger partial charge >= 0.3 is 0 Å². The number of guanidine groups is 1. The number of benzene rings is 2. The van der Waals surface area contributed by atoms with Gasteiger partial charge in [-0.05, 0) is 30.2 Å². The molecule has 4 aromatic rings. The molecular formula is C21H23N6+. The summed E-state index contributed by atoms with van der Waals surface area (Å²) in [4.78, 5) is 11.0. The van der Waals surface area contributed by atoms with Crippen LogP contribution in [0, 0.1) is 0 Å². The van der Waals surface area contributed by atoms with Crippen molar-refractivity contribution in [2.75, 3.05) is 6.54 Å². The van der Waals surface area contributed by atoms with Crippen LogP contribution in [0.2, 0.25) is 0 Å². The third-order valence-corrected chi connectivity index (χ3v) is 4.66. The zero-order chi connectivity index (χ0) is 18.6. The van der Waals surface area contributed by atoms with Gasteiger partial charge in [-0.15, -0.1) is 5.43 Å². The smallest absolute Gasteiger partial charge is 0.260 e. The topological polar surface area (TPSA) is 85.0 Å². The second-order valence-electron chi connectivity index (χ2n) is 6.34. The van der Waals surface area contributed by atoms with E-state index >= 15 is 0 Å². The number of hydrogen-bond acceptors (Lipinski definition) is 1. The van der Waals surface area contributed by atoms with Gasteiger partial charge in [-0.3, -0.25) is 0 Å². The van der Waals surface area contributed by atoms with Crippen LogP contribution in [0.5, 0.6) is 0 Å². The molecule has 0 aliphatic rings. The highest BCUT2D eigenvalue weighted by Crippen LogP contribution is 2.24. The molecule has 0 spiro atoms. The molecule has 0 unspecified atom stereocenters. The molecule has 0 atom stereocenters. The number of hydrazine groups is 1. The minimum Gasteiger partial charge on any atom is -0.366 e. The maximum atomic E-state index is 6.11. The Kier molecular flexibility index (Phi) is 4.61. The van der Waals surface area contributed by atoms with Crippen molar-refractivity contribution in [2.24, 2.45) is 10.7 Å². The van der Waals surface area contributed by atoms with Crippen LogP contribution in [0.4, 0.5) is 5.69 Å². The van der Waals surface area contributed by atoms with Gasteiger partial charge in [-0.2, -0.15) is 0 Å². The Labute approximate surface area is 157 Å². The van der Waals surface area contributed by atoms with Crippen molar-refractivity contribution in [3.8, 4) is 0 Å². The maximum absolute atomic E-state index is 6.11. The first-order valence-corrected chi connectivity index (χ1v) is 9.02. The summed E-state index contributed by atoms with van der Waals surface area (Å²) < 4.78 is 1.88. The molecule has 27 heavy (non-hydrogen) atoms. The predicted molar refractivity (Wildman–Crippen MR) is 112 cm³/mol. The molecule has 2 aromatic carbocycles. The lowest BCUT2D eigenvalue weighted by molar-refractivity contribution is -0.481. The first kappa shape index (κ1) is 16.9. The molecule has 136 valence electrons. The molecule has 6 nitrogen and oxygen atoms in total. The van der Waals surface area contributed by atoms with Gasteiger partial charge in [0.15, 0.2) is 6.21 Å². The highest BCUT2D eigenvalue weighted by molar-refractivity contribution is 5.89. The fraction of sp³-hybridized carbons (Fsp3) is 0.143. The number of nitrogens with one attached hydrogen (secondary N) is 3. The van der Waals surface area contributed by atoms with Gasteiger partial charge in [0, 0.05) is 30.6 Å². The van der Waals surface area contributed by atoms with Gasteiger partial charge in [0.2, 0.25) is 5.96 Å². The minimum atomic E-state index is 0.387. The number of fused-ring (bicyclic) bond motifs is 2. The Bertz CT molecular complexity index is 1130.